The smallest absolute Gasteiger partial charge is 0.317 e. The highest BCUT2D eigenvalue weighted by Crippen LogP contribution is 1.61. The van der Waals surface area contributed by atoms with Crippen LogP contribution in [0.3, 0.4) is 0 Å². The quantitative estimate of drug-likeness (QED) is 0.336. The number of urea groups is 1. The summed E-state index contributed by atoms with van der Waals surface area (Å²) in [7, 11) is 0. The normalized spacial score (nSPS) is 8.11. The number of carbonyl (C=O) groups excluding carboxylic acids is 1. The lowest BCUT2D eigenvalue weighted by atomic mass is 10.9. The Balaban J connectivity index is 3.16. The van der Waals surface area contributed by atoms with Gasteiger partial charge < -0.3 is 16.4 Å². The van der Waals surface area contributed by atoms with Crippen LogP contribution in [0.25, 0.3) is 0 Å². The van der Waals surface area contributed by atoms with Gasteiger partial charge in [0.1, 0.15) is 0 Å². The van der Waals surface area contributed by atoms with Crippen molar-refractivity contribution < 1.29 is 4.79 Å². The van der Waals surface area contributed by atoms with Crippen LogP contribution in [-0.2, 0) is 0 Å². The minimum Gasteiger partial charge on any atom is -0.326 e. The fourth-order valence-electron chi connectivity index (χ4n) is 0.259. The Kier molecular flexibility index (Phi) is 4.33. The average molecular weight is 132 g/mol. The Morgan fingerprint density at radius 1 is 1.56 bits per heavy atom. The van der Waals surface area contributed by atoms with Crippen molar-refractivity contribution in [3.63, 3.8) is 0 Å². The molecule has 0 aromatic carbocycles. The van der Waals surface area contributed by atoms with E-state index in [-0.39, 0.29) is 13.3 Å². The second-order valence-corrected chi connectivity index (χ2v) is 1.17. The van der Waals surface area contributed by atoms with Crippen LogP contribution >= 0.6 is 0 Å². The van der Waals surface area contributed by atoms with Crippen LogP contribution < -0.4 is 16.4 Å². The largest absolute Gasteiger partial charge is 0.326 e. The molecule has 0 saturated heterocycles. The lowest BCUT2D eigenvalue weighted by Gasteiger charge is -1.98. The van der Waals surface area contributed by atoms with Gasteiger partial charge in [0.05, 0.1) is 6.67 Å². The summed E-state index contributed by atoms with van der Waals surface area (Å²) in [6.07, 6.45) is 0. The number of amides is 2. The number of carbonyl (C=O) groups is 1. The molecule has 0 aliphatic rings. The lowest BCUT2D eigenvalue weighted by Crippen LogP contribution is -2.38. The van der Waals surface area contributed by atoms with Crippen molar-refractivity contribution in [3.05, 3.63) is 4.91 Å². The third-order valence-electron chi connectivity index (χ3n) is 0.567. The van der Waals surface area contributed by atoms with Gasteiger partial charge in [-0.2, -0.15) is 0 Å². The summed E-state index contributed by atoms with van der Waals surface area (Å²) in [4.78, 5) is 19.7. The summed E-state index contributed by atoms with van der Waals surface area (Å²) >= 11 is 0. The lowest BCUT2D eigenvalue weighted by molar-refractivity contribution is 0.241. The van der Waals surface area contributed by atoms with Gasteiger partial charge >= 0.3 is 6.03 Å². The maximum atomic E-state index is 10.3. The minimum absolute atomic E-state index is 0.0463. The first-order valence-electron chi connectivity index (χ1n) is 2.32. The zero-order valence-corrected chi connectivity index (χ0v) is 4.76. The van der Waals surface area contributed by atoms with Crippen molar-refractivity contribution in [2.24, 2.45) is 10.9 Å². The van der Waals surface area contributed by atoms with E-state index in [1.165, 1.54) is 0 Å². The molecule has 0 aromatic rings. The maximum absolute atomic E-state index is 10.3. The van der Waals surface area contributed by atoms with E-state index < -0.39 is 6.03 Å². The van der Waals surface area contributed by atoms with E-state index >= 15 is 0 Å². The molecule has 0 bridgehead atoms. The van der Waals surface area contributed by atoms with Crippen LogP contribution in [0, 0.1) is 4.91 Å². The summed E-state index contributed by atoms with van der Waals surface area (Å²) in [5, 5.41) is 6.73. The molecule has 6 nitrogen and oxygen atoms in total. The molecule has 4 N–H and O–H groups in total. The molecule has 0 fully saturated rings. The predicted molar refractivity (Wildman–Crippen MR) is 31.4 cm³/mol. The number of rotatable bonds is 3. The molecule has 0 unspecified atom stereocenters. The standard InChI is InChI=1S/C3H8N4O2/c4-1-5-3(8)6-2-7-9/h1-2,4H2,(H2,5,6,8). The first-order valence-corrected chi connectivity index (χ1v) is 2.32. The second-order valence-electron chi connectivity index (χ2n) is 1.17. The number of hydrogen-bond acceptors (Lipinski definition) is 4. The van der Waals surface area contributed by atoms with Crippen molar-refractivity contribution in [3.8, 4) is 0 Å². The molecule has 0 rings (SSSR count). The molecule has 0 spiro atoms. The monoisotopic (exact) mass is 132 g/mol. The Hall–Kier alpha value is -1.17. The van der Waals surface area contributed by atoms with Gasteiger partial charge in [0.2, 0.25) is 0 Å². The van der Waals surface area contributed by atoms with Gasteiger partial charge in [-0.05, 0) is 5.18 Å². The topological polar surface area (TPSA) is 96.6 Å². The number of nitrogens with one attached hydrogen (secondary N) is 2. The van der Waals surface area contributed by atoms with E-state index in [1.807, 2.05) is 0 Å². The van der Waals surface area contributed by atoms with Crippen LogP contribution in [-0.4, -0.2) is 19.4 Å². The first-order chi connectivity index (χ1) is 4.31. The van der Waals surface area contributed by atoms with Crippen molar-refractivity contribution in [1.82, 2.24) is 10.6 Å². The van der Waals surface area contributed by atoms with Crippen molar-refractivity contribution in [2.75, 3.05) is 13.3 Å². The molecule has 0 radical (unpaired) electrons. The Morgan fingerprint density at radius 3 is 2.67 bits per heavy atom. The van der Waals surface area contributed by atoms with E-state index in [0.29, 0.717) is 0 Å². The second kappa shape index (κ2) is 4.98. The van der Waals surface area contributed by atoms with Crippen molar-refractivity contribution >= 4 is 6.03 Å². The van der Waals surface area contributed by atoms with E-state index in [1.54, 1.807) is 0 Å². The minimum atomic E-state index is -0.489. The third kappa shape index (κ3) is 4.69. The SMILES string of the molecule is NCNC(=O)NCN=O. The van der Waals surface area contributed by atoms with Crippen LogP contribution in [0.5, 0.6) is 0 Å². The van der Waals surface area contributed by atoms with Crippen LogP contribution in [0.15, 0.2) is 5.18 Å². The van der Waals surface area contributed by atoms with Gasteiger partial charge in [-0.1, -0.05) is 0 Å². The van der Waals surface area contributed by atoms with Crippen LogP contribution in [0.1, 0.15) is 0 Å². The predicted octanol–water partition coefficient (Wildman–Crippen LogP) is -1.07. The molecule has 0 aromatic heterocycles. The van der Waals surface area contributed by atoms with E-state index in [9.17, 15) is 9.70 Å². The van der Waals surface area contributed by atoms with Crippen LogP contribution in [0.4, 0.5) is 4.79 Å². The number of hydrogen-bond donors (Lipinski definition) is 3. The molecule has 0 atom stereocenters. The summed E-state index contributed by atoms with van der Waals surface area (Å²) in [5.74, 6) is 0. The van der Waals surface area contributed by atoms with Gasteiger partial charge in [-0.3, -0.25) is 0 Å². The van der Waals surface area contributed by atoms with Gasteiger partial charge in [0.15, 0.2) is 6.67 Å². The van der Waals surface area contributed by atoms with Crippen molar-refractivity contribution in [1.29, 1.82) is 0 Å². The average Bonchev–Trinajstić information content (AvgIpc) is 1.85. The summed E-state index contributed by atoms with van der Waals surface area (Å²) in [6, 6.07) is -0.489. The highest BCUT2D eigenvalue weighted by atomic mass is 16.3. The van der Waals surface area contributed by atoms with Crippen LogP contribution in [0.2, 0.25) is 0 Å². The molecule has 2 amide bonds. The molecule has 0 aliphatic heterocycles. The van der Waals surface area contributed by atoms with Gasteiger partial charge in [0.25, 0.3) is 0 Å². The van der Waals surface area contributed by atoms with Gasteiger partial charge in [-0.25, -0.2) is 4.79 Å². The fourth-order valence-corrected chi connectivity index (χ4v) is 0.259. The zero-order valence-electron chi connectivity index (χ0n) is 4.76. The van der Waals surface area contributed by atoms with Gasteiger partial charge in [-0.15, -0.1) is 4.91 Å². The third-order valence-corrected chi connectivity index (χ3v) is 0.567. The highest BCUT2D eigenvalue weighted by molar-refractivity contribution is 5.73. The van der Waals surface area contributed by atoms with E-state index in [4.69, 9.17) is 5.73 Å². The number of nitrogens with zero attached hydrogens (tertiary/aromatic N) is 1. The molecule has 52 valence electrons. The molecular weight excluding hydrogens is 124 g/mol. The Labute approximate surface area is 51.8 Å². The summed E-state index contributed by atoms with van der Waals surface area (Å²) in [6.45, 7) is -0.184. The number of nitrogens with two attached hydrogens (primary N) is 1. The Morgan fingerprint density at radius 2 is 2.22 bits per heavy atom. The first kappa shape index (κ1) is 7.83. The summed E-state index contributed by atoms with van der Waals surface area (Å²) in [5.41, 5.74) is 4.92. The molecule has 9 heavy (non-hydrogen) atoms. The van der Waals surface area contributed by atoms with E-state index in [2.05, 4.69) is 15.8 Å². The summed E-state index contributed by atoms with van der Waals surface area (Å²) < 4.78 is 0. The Bertz CT molecular complexity index is 104. The highest BCUT2D eigenvalue weighted by Gasteiger charge is 1.92. The fraction of sp³-hybridized carbons (Fsp3) is 0.667. The van der Waals surface area contributed by atoms with E-state index in [0.717, 1.165) is 0 Å². The molecule has 0 heterocycles. The molecule has 0 aliphatic carbocycles. The zero-order chi connectivity index (χ0) is 7.11. The number of nitroso groups, excluding NO2 is 1. The van der Waals surface area contributed by atoms with Crippen molar-refractivity contribution in [2.45, 2.75) is 0 Å². The van der Waals surface area contributed by atoms with Gasteiger partial charge in [0, 0.05) is 0 Å². The molecule has 0 saturated carbocycles. The molecule has 6 heteroatoms. The molecular formula is C3H8N4O2. The maximum Gasteiger partial charge on any atom is 0.317 e.